The molecule has 1 atom stereocenters. The third-order valence-electron chi connectivity index (χ3n) is 3.28. The lowest BCUT2D eigenvalue weighted by Crippen LogP contribution is -2.12. The lowest BCUT2D eigenvalue weighted by Gasteiger charge is -2.17. The highest BCUT2D eigenvalue weighted by atomic mass is 32.2. The van der Waals surface area contributed by atoms with Crippen LogP contribution in [0.25, 0.3) is 0 Å². The average Bonchev–Trinajstić information content (AvgIpc) is 2.58. The van der Waals surface area contributed by atoms with Crippen LogP contribution in [-0.2, 0) is 4.79 Å². The Morgan fingerprint density at radius 3 is 2.63 bits per heavy atom. The summed E-state index contributed by atoms with van der Waals surface area (Å²) in [6, 6.07) is 16.6. The van der Waals surface area contributed by atoms with E-state index in [9.17, 15) is 4.79 Å². The first-order valence-corrected chi connectivity index (χ1v) is 7.36. The molecule has 0 fully saturated rings. The molecular weight excluding hydrogens is 254 g/mol. The smallest absolute Gasteiger partial charge is 0.234 e. The second kappa shape index (κ2) is 5.10. The molecule has 2 aromatic carbocycles. The normalized spacial score (nSPS) is 18.4. The van der Waals surface area contributed by atoms with Crippen molar-refractivity contribution in [2.24, 2.45) is 0 Å². The van der Waals surface area contributed by atoms with Gasteiger partial charge in [-0.3, -0.25) is 4.79 Å². The summed E-state index contributed by atoms with van der Waals surface area (Å²) in [4.78, 5) is 11.7. The molecule has 2 aromatic rings. The summed E-state index contributed by atoms with van der Waals surface area (Å²) in [5.41, 5.74) is 4.62. The van der Waals surface area contributed by atoms with Crippen LogP contribution in [0.2, 0.25) is 0 Å². The highest BCUT2D eigenvalue weighted by molar-refractivity contribution is 8.00. The van der Waals surface area contributed by atoms with Crippen molar-refractivity contribution in [3.63, 3.8) is 0 Å². The van der Waals surface area contributed by atoms with Crippen LogP contribution in [0.3, 0.4) is 0 Å². The van der Waals surface area contributed by atoms with Crippen molar-refractivity contribution in [3.05, 3.63) is 65.2 Å². The molecule has 1 amide bonds. The topological polar surface area (TPSA) is 29.1 Å². The average molecular weight is 269 g/mol. The Kier molecular flexibility index (Phi) is 3.30. The van der Waals surface area contributed by atoms with E-state index in [4.69, 9.17) is 0 Å². The number of rotatable bonds is 1. The number of aryl methyl sites for hydroxylation is 1. The summed E-state index contributed by atoms with van der Waals surface area (Å²) in [5, 5.41) is 3.19. The third-order valence-corrected chi connectivity index (χ3v) is 4.57. The number of benzene rings is 2. The number of hydrogen-bond acceptors (Lipinski definition) is 2. The van der Waals surface area contributed by atoms with Crippen LogP contribution in [0.4, 0.5) is 5.69 Å². The van der Waals surface area contributed by atoms with Crippen LogP contribution in [0.5, 0.6) is 0 Å². The molecule has 19 heavy (non-hydrogen) atoms. The molecule has 1 unspecified atom stereocenters. The summed E-state index contributed by atoms with van der Waals surface area (Å²) < 4.78 is 0. The Bertz CT molecular complexity index is 606. The molecule has 2 nitrogen and oxygen atoms in total. The molecule has 1 heterocycles. The fourth-order valence-corrected chi connectivity index (χ4v) is 3.42. The number of thioether (sulfide) groups is 1. The van der Waals surface area contributed by atoms with Crippen molar-refractivity contribution >= 4 is 23.4 Å². The van der Waals surface area contributed by atoms with Gasteiger partial charge in [0.15, 0.2) is 0 Å². The summed E-state index contributed by atoms with van der Waals surface area (Å²) in [6.45, 7) is 2.09. The van der Waals surface area contributed by atoms with Gasteiger partial charge in [-0.15, -0.1) is 11.8 Å². The minimum Gasteiger partial charge on any atom is -0.325 e. The maximum Gasteiger partial charge on any atom is 0.234 e. The lowest BCUT2D eigenvalue weighted by atomic mass is 10.0. The van der Waals surface area contributed by atoms with Gasteiger partial charge in [-0.05, 0) is 24.1 Å². The fraction of sp³-hybridized carbons (Fsp3) is 0.188. The van der Waals surface area contributed by atoms with Gasteiger partial charge in [0.25, 0.3) is 0 Å². The zero-order valence-corrected chi connectivity index (χ0v) is 11.5. The number of nitrogens with one attached hydrogen (secondary N) is 1. The van der Waals surface area contributed by atoms with Gasteiger partial charge in [0.05, 0.1) is 11.0 Å². The van der Waals surface area contributed by atoms with E-state index in [1.807, 2.05) is 18.2 Å². The summed E-state index contributed by atoms with van der Waals surface area (Å²) in [6.07, 6.45) is 0. The van der Waals surface area contributed by atoms with Gasteiger partial charge in [0.2, 0.25) is 5.91 Å². The van der Waals surface area contributed by atoms with Crippen molar-refractivity contribution in [1.82, 2.24) is 0 Å². The Morgan fingerprint density at radius 1 is 1.11 bits per heavy atom. The minimum atomic E-state index is 0.0760. The molecule has 0 spiro atoms. The molecule has 0 radical (unpaired) electrons. The Morgan fingerprint density at radius 2 is 1.84 bits per heavy atom. The molecule has 3 heteroatoms. The number of carbonyl (C=O) groups is 1. The van der Waals surface area contributed by atoms with Crippen LogP contribution >= 0.6 is 11.8 Å². The number of hydrogen-bond donors (Lipinski definition) is 1. The lowest BCUT2D eigenvalue weighted by molar-refractivity contribution is -0.113. The van der Waals surface area contributed by atoms with Crippen LogP contribution in [0, 0.1) is 6.92 Å². The number of carbonyl (C=O) groups excluding carboxylic acids is 1. The SMILES string of the molecule is Cc1ccc(C2SCC(=O)Nc3ccccc32)cc1. The number of fused-ring (bicyclic) bond motifs is 1. The number of anilines is 1. The standard InChI is InChI=1S/C16H15NOS/c1-11-6-8-12(9-7-11)16-13-4-2-3-5-14(13)17-15(18)10-19-16/h2-9,16H,10H2,1H3,(H,17,18). The zero-order valence-electron chi connectivity index (χ0n) is 10.7. The first-order valence-electron chi connectivity index (χ1n) is 6.31. The van der Waals surface area contributed by atoms with Crippen LogP contribution in [0.1, 0.15) is 21.9 Å². The van der Waals surface area contributed by atoms with E-state index in [-0.39, 0.29) is 11.2 Å². The van der Waals surface area contributed by atoms with Gasteiger partial charge < -0.3 is 5.32 Å². The molecule has 0 saturated heterocycles. The molecular formula is C16H15NOS. The Balaban J connectivity index is 2.06. The minimum absolute atomic E-state index is 0.0760. The molecule has 1 aliphatic rings. The molecule has 1 N–H and O–H groups in total. The zero-order chi connectivity index (χ0) is 13.2. The monoisotopic (exact) mass is 269 g/mol. The van der Waals surface area contributed by atoms with E-state index >= 15 is 0 Å². The van der Waals surface area contributed by atoms with Gasteiger partial charge in [0.1, 0.15) is 0 Å². The van der Waals surface area contributed by atoms with Crippen LogP contribution in [0.15, 0.2) is 48.5 Å². The molecule has 0 aromatic heterocycles. The second-order valence-electron chi connectivity index (χ2n) is 4.74. The van der Waals surface area contributed by atoms with Gasteiger partial charge in [-0.2, -0.15) is 0 Å². The molecule has 3 rings (SSSR count). The van der Waals surface area contributed by atoms with E-state index in [2.05, 4.69) is 42.6 Å². The first kappa shape index (κ1) is 12.3. The summed E-state index contributed by atoms with van der Waals surface area (Å²) in [5.74, 6) is 0.569. The van der Waals surface area contributed by atoms with Gasteiger partial charge in [-0.1, -0.05) is 48.0 Å². The summed E-state index contributed by atoms with van der Waals surface area (Å²) >= 11 is 1.68. The van der Waals surface area contributed by atoms with E-state index in [1.165, 1.54) is 16.7 Å². The van der Waals surface area contributed by atoms with Crippen molar-refractivity contribution < 1.29 is 4.79 Å². The van der Waals surface area contributed by atoms with Crippen molar-refractivity contribution in [2.75, 3.05) is 11.1 Å². The predicted octanol–water partition coefficient (Wildman–Crippen LogP) is 3.77. The Hall–Kier alpha value is -1.74. The largest absolute Gasteiger partial charge is 0.325 e. The molecule has 1 aliphatic heterocycles. The van der Waals surface area contributed by atoms with Crippen LogP contribution < -0.4 is 5.32 Å². The summed E-state index contributed by atoms with van der Waals surface area (Å²) in [7, 11) is 0. The highest BCUT2D eigenvalue weighted by Gasteiger charge is 2.23. The van der Waals surface area contributed by atoms with Crippen molar-refractivity contribution in [2.45, 2.75) is 12.2 Å². The maximum absolute atomic E-state index is 11.7. The quantitative estimate of drug-likeness (QED) is 0.854. The van der Waals surface area contributed by atoms with Crippen molar-refractivity contribution in [1.29, 1.82) is 0 Å². The van der Waals surface area contributed by atoms with Gasteiger partial charge in [0, 0.05) is 5.69 Å². The van der Waals surface area contributed by atoms with E-state index in [0.717, 1.165) is 5.69 Å². The van der Waals surface area contributed by atoms with Crippen LogP contribution in [-0.4, -0.2) is 11.7 Å². The number of amides is 1. The van der Waals surface area contributed by atoms with E-state index in [1.54, 1.807) is 11.8 Å². The molecule has 96 valence electrons. The van der Waals surface area contributed by atoms with Gasteiger partial charge in [-0.25, -0.2) is 0 Å². The maximum atomic E-state index is 11.7. The third kappa shape index (κ3) is 2.51. The molecule has 0 bridgehead atoms. The predicted molar refractivity (Wildman–Crippen MR) is 80.6 cm³/mol. The Labute approximate surface area is 117 Å². The van der Waals surface area contributed by atoms with Crippen molar-refractivity contribution in [3.8, 4) is 0 Å². The fourth-order valence-electron chi connectivity index (χ4n) is 2.29. The highest BCUT2D eigenvalue weighted by Crippen LogP contribution is 2.41. The molecule has 0 saturated carbocycles. The molecule has 0 aliphatic carbocycles. The second-order valence-corrected chi connectivity index (χ2v) is 5.83. The van der Waals surface area contributed by atoms with Gasteiger partial charge >= 0.3 is 0 Å². The first-order chi connectivity index (χ1) is 9.24. The van der Waals surface area contributed by atoms with E-state index in [0.29, 0.717) is 5.75 Å². The number of para-hydroxylation sites is 1. The van der Waals surface area contributed by atoms with E-state index < -0.39 is 0 Å².